The van der Waals surface area contributed by atoms with Gasteiger partial charge in [0.1, 0.15) is 5.69 Å². The van der Waals surface area contributed by atoms with E-state index in [2.05, 4.69) is 58.8 Å². The number of para-hydroxylation sites is 2. The lowest BCUT2D eigenvalue weighted by Gasteiger charge is -2.12. The van der Waals surface area contributed by atoms with Crippen LogP contribution < -0.4 is 0 Å². The van der Waals surface area contributed by atoms with Gasteiger partial charge in [-0.15, -0.1) is 16.9 Å². The lowest BCUT2D eigenvalue weighted by molar-refractivity contribution is -0.384. The van der Waals surface area contributed by atoms with Crippen molar-refractivity contribution >= 4 is 17.4 Å². The molecule has 3 aromatic carbocycles. The topological polar surface area (TPSA) is 73.8 Å². The number of nitro benzene ring substituents is 1. The summed E-state index contributed by atoms with van der Waals surface area (Å²) in [4.78, 5) is 10.9. The minimum atomic E-state index is -0.405. The molecule has 0 fully saturated rings. The molecule has 0 aliphatic heterocycles. The zero-order valence-electron chi connectivity index (χ0n) is 15.3. The van der Waals surface area contributed by atoms with Crippen LogP contribution in [0.25, 0.3) is 16.8 Å². The standard InChI is InChI=1S/C22H16N4O2S/c27-26(28)21-12-6-5-11-20(21)25-13-15(23-24-25)14-29-22-18-9-3-1-7-16(18)17-8-2-4-10-19(17)22/h1-13,22H,14H2. The first-order valence-electron chi connectivity index (χ1n) is 9.17. The molecular weight excluding hydrogens is 384 g/mol. The SMILES string of the molecule is O=[N+]([O-])c1ccccc1-n1cc(CSC2c3ccccc3-c3ccccc32)nn1. The van der Waals surface area contributed by atoms with E-state index in [1.807, 2.05) is 0 Å². The zero-order chi connectivity index (χ0) is 19.8. The van der Waals surface area contributed by atoms with Crippen LogP contribution in [0.5, 0.6) is 0 Å². The number of hydrogen-bond acceptors (Lipinski definition) is 5. The average molecular weight is 400 g/mol. The average Bonchev–Trinajstić information content (AvgIpc) is 3.35. The van der Waals surface area contributed by atoms with Gasteiger partial charge in [0.15, 0.2) is 0 Å². The van der Waals surface area contributed by atoms with Crippen LogP contribution in [0.2, 0.25) is 0 Å². The Balaban J connectivity index is 1.41. The highest BCUT2D eigenvalue weighted by atomic mass is 32.2. The smallest absolute Gasteiger partial charge is 0.258 e. The molecule has 29 heavy (non-hydrogen) atoms. The molecule has 0 radical (unpaired) electrons. The van der Waals surface area contributed by atoms with E-state index >= 15 is 0 Å². The summed E-state index contributed by atoms with van der Waals surface area (Å²) < 4.78 is 1.48. The van der Waals surface area contributed by atoms with Gasteiger partial charge in [-0.3, -0.25) is 10.1 Å². The van der Waals surface area contributed by atoms with Gasteiger partial charge in [-0.2, -0.15) is 0 Å². The molecular formula is C22H16N4O2S. The molecule has 7 heteroatoms. The number of aromatic nitrogens is 3. The van der Waals surface area contributed by atoms with E-state index in [4.69, 9.17) is 0 Å². The molecule has 1 aliphatic carbocycles. The number of fused-ring (bicyclic) bond motifs is 3. The van der Waals surface area contributed by atoms with Gasteiger partial charge in [-0.25, -0.2) is 4.68 Å². The van der Waals surface area contributed by atoms with Gasteiger partial charge < -0.3 is 0 Å². The molecule has 6 nitrogen and oxygen atoms in total. The molecule has 1 aliphatic rings. The molecule has 1 heterocycles. The van der Waals surface area contributed by atoms with Crippen LogP contribution in [0, 0.1) is 10.1 Å². The third kappa shape index (κ3) is 3.09. The Morgan fingerprint density at radius 2 is 1.55 bits per heavy atom. The molecule has 142 valence electrons. The van der Waals surface area contributed by atoms with Crippen molar-refractivity contribution < 1.29 is 4.92 Å². The van der Waals surface area contributed by atoms with Crippen LogP contribution in [0.3, 0.4) is 0 Å². The summed E-state index contributed by atoms with van der Waals surface area (Å²) in [6, 6.07) is 23.5. The number of nitro groups is 1. The molecule has 0 N–H and O–H groups in total. The number of nitrogens with zero attached hydrogens (tertiary/aromatic N) is 4. The Kier molecular flexibility index (Phi) is 4.37. The number of benzene rings is 3. The number of thioether (sulfide) groups is 1. The summed E-state index contributed by atoms with van der Waals surface area (Å²) in [5, 5.41) is 19.9. The van der Waals surface area contributed by atoms with E-state index in [0.29, 0.717) is 11.4 Å². The van der Waals surface area contributed by atoms with Gasteiger partial charge in [0.2, 0.25) is 0 Å². The monoisotopic (exact) mass is 400 g/mol. The Morgan fingerprint density at radius 1 is 0.931 bits per heavy atom. The predicted octanol–water partition coefficient (Wildman–Crippen LogP) is 5.18. The molecule has 0 saturated carbocycles. The number of rotatable bonds is 5. The highest BCUT2D eigenvalue weighted by Gasteiger charge is 2.28. The summed E-state index contributed by atoms with van der Waals surface area (Å²) in [5.74, 6) is 0.661. The minimum absolute atomic E-state index is 0.00949. The first kappa shape index (κ1) is 17.6. The Labute approximate surface area is 171 Å². The normalized spacial score (nSPS) is 12.6. The Hall–Kier alpha value is -3.45. The minimum Gasteiger partial charge on any atom is -0.258 e. The molecule has 0 saturated heterocycles. The number of hydrogen-bond donors (Lipinski definition) is 0. The molecule has 4 aromatic rings. The third-order valence-corrected chi connectivity index (χ3v) is 6.34. The Bertz CT molecular complexity index is 1180. The van der Waals surface area contributed by atoms with Gasteiger partial charge in [0.25, 0.3) is 5.69 Å². The van der Waals surface area contributed by atoms with Gasteiger partial charge >= 0.3 is 0 Å². The van der Waals surface area contributed by atoms with Crippen molar-refractivity contribution in [3.05, 3.63) is 106 Å². The lowest BCUT2D eigenvalue weighted by Crippen LogP contribution is -2.00. The van der Waals surface area contributed by atoms with Crippen molar-refractivity contribution in [2.75, 3.05) is 0 Å². The maximum atomic E-state index is 11.3. The maximum Gasteiger partial charge on any atom is 0.294 e. The summed E-state index contributed by atoms with van der Waals surface area (Å²) in [6.45, 7) is 0. The van der Waals surface area contributed by atoms with Crippen molar-refractivity contribution in [3.8, 4) is 16.8 Å². The highest BCUT2D eigenvalue weighted by molar-refractivity contribution is 7.99. The lowest BCUT2D eigenvalue weighted by atomic mass is 10.1. The Morgan fingerprint density at radius 3 is 2.24 bits per heavy atom. The van der Waals surface area contributed by atoms with Crippen LogP contribution >= 0.6 is 11.8 Å². The molecule has 1 aromatic heterocycles. The summed E-state index contributed by atoms with van der Waals surface area (Å²) >= 11 is 1.79. The molecule has 0 spiro atoms. The van der Waals surface area contributed by atoms with E-state index < -0.39 is 4.92 Å². The molecule has 0 amide bonds. The van der Waals surface area contributed by atoms with Crippen molar-refractivity contribution in [1.29, 1.82) is 0 Å². The second kappa shape index (κ2) is 7.18. The van der Waals surface area contributed by atoms with Gasteiger partial charge in [-0.05, 0) is 28.3 Å². The van der Waals surface area contributed by atoms with Crippen molar-refractivity contribution in [3.63, 3.8) is 0 Å². The predicted molar refractivity (Wildman–Crippen MR) is 113 cm³/mol. The van der Waals surface area contributed by atoms with Crippen LogP contribution in [-0.2, 0) is 5.75 Å². The van der Waals surface area contributed by atoms with Crippen molar-refractivity contribution in [2.24, 2.45) is 0 Å². The van der Waals surface area contributed by atoms with E-state index in [1.165, 1.54) is 33.0 Å². The van der Waals surface area contributed by atoms with Crippen molar-refractivity contribution in [1.82, 2.24) is 15.0 Å². The van der Waals surface area contributed by atoms with Gasteiger partial charge in [0, 0.05) is 11.8 Å². The molecule has 5 rings (SSSR count). The second-order valence-electron chi connectivity index (χ2n) is 6.77. The summed E-state index contributed by atoms with van der Waals surface area (Å²) in [6.07, 6.45) is 1.77. The van der Waals surface area contributed by atoms with Gasteiger partial charge in [-0.1, -0.05) is 65.9 Å². The van der Waals surface area contributed by atoms with Crippen LogP contribution in [0.1, 0.15) is 22.1 Å². The summed E-state index contributed by atoms with van der Waals surface area (Å²) in [7, 11) is 0. The quantitative estimate of drug-likeness (QED) is 0.341. The highest BCUT2D eigenvalue weighted by Crippen LogP contribution is 2.50. The van der Waals surface area contributed by atoms with E-state index in [-0.39, 0.29) is 10.9 Å². The van der Waals surface area contributed by atoms with Gasteiger partial charge in [0.05, 0.1) is 22.1 Å². The maximum absolute atomic E-state index is 11.3. The van der Waals surface area contributed by atoms with E-state index in [0.717, 1.165) is 5.69 Å². The molecule has 0 bridgehead atoms. The fraction of sp³-hybridized carbons (Fsp3) is 0.0909. The summed E-state index contributed by atoms with van der Waals surface area (Å²) in [5.41, 5.74) is 6.39. The van der Waals surface area contributed by atoms with Crippen LogP contribution in [0.4, 0.5) is 5.69 Å². The van der Waals surface area contributed by atoms with Crippen molar-refractivity contribution in [2.45, 2.75) is 11.0 Å². The first-order chi connectivity index (χ1) is 14.2. The second-order valence-corrected chi connectivity index (χ2v) is 7.86. The van der Waals surface area contributed by atoms with E-state index in [1.54, 1.807) is 36.2 Å². The fourth-order valence-corrected chi connectivity index (χ4v) is 4.99. The van der Waals surface area contributed by atoms with E-state index in [9.17, 15) is 10.1 Å². The van der Waals surface area contributed by atoms with Crippen LogP contribution in [0.15, 0.2) is 79.0 Å². The fourth-order valence-electron chi connectivity index (χ4n) is 3.75. The first-order valence-corrected chi connectivity index (χ1v) is 10.2. The molecule has 0 atom stereocenters. The zero-order valence-corrected chi connectivity index (χ0v) is 16.1. The molecule has 0 unspecified atom stereocenters. The van der Waals surface area contributed by atoms with Crippen LogP contribution in [-0.4, -0.2) is 19.9 Å². The third-order valence-electron chi connectivity index (χ3n) is 5.04. The largest absolute Gasteiger partial charge is 0.294 e.